The number of carboxylic acid groups (broad SMARTS) is 2. The summed E-state index contributed by atoms with van der Waals surface area (Å²) >= 11 is 6.23. The van der Waals surface area contributed by atoms with Gasteiger partial charge in [0, 0.05) is 28.7 Å². The normalized spacial score (nSPS) is 14.6. The second kappa shape index (κ2) is 10.7. The Morgan fingerprint density at radius 3 is 2.38 bits per heavy atom. The van der Waals surface area contributed by atoms with Gasteiger partial charge in [-0.15, -0.1) is 0 Å². The summed E-state index contributed by atoms with van der Waals surface area (Å²) in [5.41, 5.74) is 4.09. The maximum atomic E-state index is 9.10. The molecule has 0 spiro atoms. The second-order valence-electron chi connectivity index (χ2n) is 8.55. The van der Waals surface area contributed by atoms with Gasteiger partial charge in [-0.3, -0.25) is 0 Å². The van der Waals surface area contributed by atoms with Gasteiger partial charge in [-0.05, 0) is 78.4 Å². The molecular weight excluding hydrogens is 452 g/mol. The third kappa shape index (κ3) is 5.58. The Labute approximate surface area is 202 Å². The Kier molecular flexibility index (Phi) is 7.50. The second-order valence-corrected chi connectivity index (χ2v) is 8.98. The van der Waals surface area contributed by atoms with E-state index in [0.29, 0.717) is 5.92 Å². The standard InChI is InChI=1S/C25H25ClN2.C2H2O4/c26-21-8-9-25-23(16-21)24(17-27-25)20-11-14-28(15-12-20)13-10-19-6-3-5-18-4-1-2-7-22(18)19;3-1(4)2(5)6/h1-9,16-17,20,27H,10-15H2;(H,3,4)(H,5,6). The van der Waals surface area contributed by atoms with Crippen molar-refractivity contribution in [2.45, 2.75) is 25.2 Å². The molecule has 0 aliphatic carbocycles. The van der Waals surface area contributed by atoms with Crippen molar-refractivity contribution in [3.63, 3.8) is 0 Å². The first-order valence-electron chi connectivity index (χ1n) is 11.3. The number of rotatable bonds is 4. The van der Waals surface area contributed by atoms with Crippen LogP contribution in [0.4, 0.5) is 0 Å². The minimum Gasteiger partial charge on any atom is -0.473 e. The first-order valence-corrected chi connectivity index (χ1v) is 11.7. The van der Waals surface area contributed by atoms with Gasteiger partial charge >= 0.3 is 11.9 Å². The average molecular weight is 479 g/mol. The molecular formula is C27H27ClN2O4. The Morgan fingerprint density at radius 2 is 1.65 bits per heavy atom. The highest BCUT2D eigenvalue weighted by molar-refractivity contribution is 6.31. The van der Waals surface area contributed by atoms with Gasteiger partial charge in [0.1, 0.15) is 0 Å². The number of aromatic amines is 1. The molecule has 3 aromatic carbocycles. The van der Waals surface area contributed by atoms with E-state index < -0.39 is 11.9 Å². The van der Waals surface area contributed by atoms with E-state index in [1.54, 1.807) is 0 Å². The van der Waals surface area contributed by atoms with Crippen molar-refractivity contribution in [2.75, 3.05) is 19.6 Å². The Bertz CT molecular complexity index is 1290. The van der Waals surface area contributed by atoms with Gasteiger partial charge in [0.15, 0.2) is 0 Å². The summed E-state index contributed by atoms with van der Waals surface area (Å²) in [6, 6.07) is 21.5. The van der Waals surface area contributed by atoms with Crippen LogP contribution in [0.15, 0.2) is 66.9 Å². The number of aromatic nitrogens is 1. The quantitative estimate of drug-likeness (QED) is 0.334. The third-order valence-electron chi connectivity index (χ3n) is 6.46. The maximum Gasteiger partial charge on any atom is 0.414 e. The van der Waals surface area contributed by atoms with Crippen LogP contribution in [0.1, 0.15) is 29.9 Å². The Hall–Kier alpha value is -3.35. The van der Waals surface area contributed by atoms with Gasteiger partial charge in [0.2, 0.25) is 0 Å². The van der Waals surface area contributed by atoms with Crippen LogP contribution in [0.5, 0.6) is 0 Å². The van der Waals surface area contributed by atoms with Crippen LogP contribution in [0.3, 0.4) is 0 Å². The molecule has 3 N–H and O–H groups in total. The van der Waals surface area contributed by atoms with Gasteiger partial charge in [-0.1, -0.05) is 54.1 Å². The lowest BCUT2D eigenvalue weighted by Gasteiger charge is -2.32. The van der Waals surface area contributed by atoms with Gasteiger partial charge in [-0.2, -0.15) is 0 Å². The number of hydrogen-bond acceptors (Lipinski definition) is 3. The van der Waals surface area contributed by atoms with Gasteiger partial charge in [0.25, 0.3) is 0 Å². The van der Waals surface area contributed by atoms with E-state index >= 15 is 0 Å². The first kappa shape index (κ1) is 23.8. The fourth-order valence-electron chi connectivity index (χ4n) is 4.71. The number of hydrogen-bond donors (Lipinski definition) is 3. The lowest BCUT2D eigenvalue weighted by atomic mass is 9.89. The third-order valence-corrected chi connectivity index (χ3v) is 6.70. The predicted molar refractivity (Wildman–Crippen MR) is 135 cm³/mol. The molecule has 1 aliphatic rings. The fraction of sp³-hybridized carbons (Fsp3) is 0.259. The summed E-state index contributed by atoms with van der Waals surface area (Å²) in [4.78, 5) is 24.2. The molecule has 34 heavy (non-hydrogen) atoms. The van der Waals surface area contributed by atoms with E-state index in [2.05, 4.69) is 70.7 Å². The molecule has 1 saturated heterocycles. The Morgan fingerprint density at radius 1 is 0.941 bits per heavy atom. The number of nitrogens with zero attached hydrogens (tertiary/aromatic N) is 1. The van der Waals surface area contributed by atoms with Gasteiger partial charge in [-0.25, -0.2) is 9.59 Å². The molecule has 1 fully saturated rings. The molecule has 0 bridgehead atoms. The zero-order chi connectivity index (χ0) is 24.1. The predicted octanol–water partition coefficient (Wildman–Crippen LogP) is 5.55. The van der Waals surface area contributed by atoms with E-state index in [-0.39, 0.29) is 0 Å². The van der Waals surface area contributed by atoms with Crippen molar-refractivity contribution < 1.29 is 19.8 Å². The molecule has 0 unspecified atom stereocenters. The number of piperidine rings is 1. The van der Waals surface area contributed by atoms with E-state index in [1.807, 2.05) is 6.07 Å². The summed E-state index contributed by atoms with van der Waals surface area (Å²) in [5.74, 6) is -3.02. The van der Waals surface area contributed by atoms with Gasteiger partial charge in [0.05, 0.1) is 0 Å². The minimum absolute atomic E-state index is 0.626. The highest BCUT2D eigenvalue weighted by Gasteiger charge is 2.22. The maximum absolute atomic E-state index is 9.10. The fourth-order valence-corrected chi connectivity index (χ4v) is 4.88. The Balaban J connectivity index is 0.000000408. The van der Waals surface area contributed by atoms with Crippen LogP contribution in [0.25, 0.3) is 21.7 Å². The van der Waals surface area contributed by atoms with Crippen molar-refractivity contribution in [1.82, 2.24) is 9.88 Å². The molecule has 1 aromatic heterocycles. The molecule has 7 heteroatoms. The number of carbonyl (C=O) groups is 2. The number of carboxylic acids is 2. The summed E-state index contributed by atoms with van der Waals surface area (Å²) in [5, 5.41) is 19.6. The average Bonchev–Trinajstić information content (AvgIpc) is 3.26. The topological polar surface area (TPSA) is 93.6 Å². The van der Waals surface area contributed by atoms with E-state index in [4.69, 9.17) is 31.4 Å². The highest BCUT2D eigenvalue weighted by Crippen LogP contribution is 2.34. The van der Waals surface area contributed by atoms with Crippen LogP contribution in [-0.2, 0) is 16.0 Å². The summed E-state index contributed by atoms with van der Waals surface area (Å²) < 4.78 is 0. The zero-order valence-electron chi connectivity index (χ0n) is 18.7. The molecule has 2 heterocycles. The largest absolute Gasteiger partial charge is 0.473 e. The number of benzene rings is 3. The molecule has 0 saturated carbocycles. The van der Waals surface area contributed by atoms with Crippen molar-refractivity contribution in [3.05, 3.63) is 83.0 Å². The van der Waals surface area contributed by atoms with Crippen LogP contribution >= 0.6 is 11.6 Å². The monoisotopic (exact) mass is 478 g/mol. The number of fused-ring (bicyclic) bond motifs is 2. The van der Waals surface area contributed by atoms with Gasteiger partial charge < -0.3 is 20.1 Å². The number of H-pyrrole nitrogens is 1. The number of nitrogens with one attached hydrogen (secondary N) is 1. The van der Waals surface area contributed by atoms with E-state index in [1.165, 1.54) is 58.7 Å². The van der Waals surface area contributed by atoms with Crippen LogP contribution < -0.4 is 0 Å². The number of aliphatic carboxylic acids is 2. The smallest absolute Gasteiger partial charge is 0.414 e. The SMILES string of the molecule is Clc1ccc2[nH]cc(C3CCN(CCc4cccc5ccccc45)CC3)c2c1.O=C(O)C(=O)O. The van der Waals surface area contributed by atoms with E-state index in [9.17, 15) is 0 Å². The minimum atomic E-state index is -1.82. The van der Waals surface area contributed by atoms with Crippen LogP contribution in [0, 0.1) is 0 Å². The van der Waals surface area contributed by atoms with E-state index in [0.717, 1.165) is 18.0 Å². The molecule has 0 radical (unpaired) electrons. The molecule has 0 amide bonds. The molecule has 1 aliphatic heterocycles. The summed E-state index contributed by atoms with van der Waals surface area (Å²) in [7, 11) is 0. The molecule has 176 valence electrons. The lowest BCUT2D eigenvalue weighted by Crippen LogP contribution is -2.34. The zero-order valence-corrected chi connectivity index (χ0v) is 19.5. The van der Waals surface area contributed by atoms with Crippen molar-refractivity contribution >= 4 is 45.2 Å². The molecule has 4 aromatic rings. The summed E-state index contributed by atoms with van der Waals surface area (Å²) in [6.45, 7) is 3.48. The van der Waals surface area contributed by atoms with Crippen molar-refractivity contribution in [3.8, 4) is 0 Å². The van der Waals surface area contributed by atoms with Crippen molar-refractivity contribution in [2.24, 2.45) is 0 Å². The van der Waals surface area contributed by atoms with Crippen molar-refractivity contribution in [1.29, 1.82) is 0 Å². The molecule has 0 atom stereocenters. The molecule has 6 nitrogen and oxygen atoms in total. The highest BCUT2D eigenvalue weighted by atomic mass is 35.5. The number of likely N-dealkylation sites (tertiary alicyclic amines) is 1. The first-order chi connectivity index (χ1) is 16.4. The van der Waals surface area contributed by atoms with Crippen LogP contribution in [0.2, 0.25) is 5.02 Å². The van der Waals surface area contributed by atoms with Crippen LogP contribution in [-0.4, -0.2) is 51.7 Å². The summed E-state index contributed by atoms with van der Waals surface area (Å²) in [6.07, 6.45) is 5.75. The lowest BCUT2D eigenvalue weighted by molar-refractivity contribution is -0.159. The molecule has 5 rings (SSSR count). The number of halogens is 1.